The molecule has 19 heavy (non-hydrogen) atoms. The van der Waals surface area contributed by atoms with Gasteiger partial charge in [-0.1, -0.05) is 26.2 Å². The van der Waals surface area contributed by atoms with Crippen LogP contribution in [0.25, 0.3) is 0 Å². The van der Waals surface area contributed by atoms with Crippen molar-refractivity contribution in [3.05, 3.63) is 18.0 Å². The maximum Gasteiger partial charge on any atom is 0.0492 e. The molecule has 3 heteroatoms. The molecule has 1 N–H and O–H groups in total. The van der Waals surface area contributed by atoms with Gasteiger partial charge in [-0.15, -0.1) is 0 Å². The summed E-state index contributed by atoms with van der Waals surface area (Å²) in [6, 6.07) is 2.85. The minimum Gasteiger partial charge on any atom is -0.314 e. The lowest BCUT2D eigenvalue weighted by molar-refractivity contribution is 0.257. The summed E-state index contributed by atoms with van der Waals surface area (Å²) in [6.07, 6.45) is 12.7. The Balaban J connectivity index is 1.87. The molecule has 0 amide bonds. The zero-order valence-electron chi connectivity index (χ0n) is 12.6. The van der Waals surface area contributed by atoms with Gasteiger partial charge in [0.2, 0.25) is 0 Å². The normalized spacial score (nSPS) is 18.6. The quantitative estimate of drug-likeness (QED) is 0.818. The van der Waals surface area contributed by atoms with Crippen molar-refractivity contribution in [3.8, 4) is 0 Å². The Morgan fingerprint density at radius 2 is 2.16 bits per heavy atom. The van der Waals surface area contributed by atoms with Crippen molar-refractivity contribution in [3.63, 3.8) is 0 Å². The van der Waals surface area contributed by atoms with Gasteiger partial charge in [0, 0.05) is 25.0 Å². The summed E-state index contributed by atoms with van der Waals surface area (Å²) >= 11 is 0. The van der Waals surface area contributed by atoms with Crippen LogP contribution < -0.4 is 5.32 Å². The highest BCUT2D eigenvalue weighted by molar-refractivity contribution is 5.00. The highest BCUT2D eigenvalue weighted by Crippen LogP contribution is 2.28. The fourth-order valence-corrected chi connectivity index (χ4v) is 3.32. The molecule has 1 unspecified atom stereocenters. The van der Waals surface area contributed by atoms with Gasteiger partial charge >= 0.3 is 0 Å². The second-order valence-corrected chi connectivity index (χ2v) is 5.94. The van der Waals surface area contributed by atoms with E-state index in [2.05, 4.69) is 23.4 Å². The van der Waals surface area contributed by atoms with Crippen LogP contribution >= 0.6 is 0 Å². The molecular formula is C16H29N3. The number of aryl methyl sites for hydroxylation is 2. The molecule has 0 bridgehead atoms. The van der Waals surface area contributed by atoms with Crippen molar-refractivity contribution < 1.29 is 0 Å². The van der Waals surface area contributed by atoms with Gasteiger partial charge in [-0.05, 0) is 50.6 Å². The molecule has 1 atom stereocenters. The second kappa shape index (κ2) is 7.68. The fraction of sp³-hybridized carbons (Fsp3) is 0.812. The van der Waals surface area contributed by atoms with E-state index in [1.165, 1.54) is 50.6 Å². The average molecular weight is 263 g/mol. The smallest absolute Gasteiger partial charge is 0.0492 e. The van der Waals surface area contributed by atoms with Crippen molar-refractivity contribution in [2.45, 2.75) is 64.3 Å². The highest BCUT2D eigenvalue weighted by Gasteiger charge is 2.23. The SMILES string of the molecule is CCCNC(CCc1ccnn1C)C1CCCCC1. The minimum absolute atomic E-state index is 0.704. The zero-order chi connectivity index (χ0) is 13.5. The molecule has 1 saturated carbocycles. The Kier molecular flexibility index (Phi) is 5.90. The van der Waals surface area contributed by atoms with Crippen LogP contribution in [0.5, 0.6) is 0 Å². The van der Waals surface area contributed by atoms with E-state index in [0.29, 0.717) is 6.04 Å². The zero-order valence-corrected chi connectivity index (χ0v) is 12.6. The lowest BCUT2D eigenvalue weighted by Crippen LogP contribution is -2.38. The number of rotatable bonds is 7. The monoisotopic (exact) mass is 263 g/mol. The molecule has 0 spiro atoms. The average Bonchev–Trinajstić information content (AvgIpc) is 2.85. The summed E-state index contributed by atoms with van der Waals surface area (Å²) in [7, 11) is 2.05. The molecule has 1 aromatic heterocycles. The summed E-state index contributed by atoms with van der Waals surface area (Å²) in [6.45, 7) is 3.42. The molecule has 0 radical (unpaired) electrons. The molecule has 1 heterocycles. The molecule has 2 rings (SSSR count). The van der Waals surface area contributed by atoms with E-state index in [1.54, 1.807) is 0 Å². The van der Waals surface area contributed by atoms with Crippen molar-refractivity contribution in [1.29, 1.82) is 0 Å². The maximum absolute atomic E-state index is 4.27. The lowest BCUT2D eigenvalue weighted by Gasteiger charge is -2.31. The molecule has 1 aliphatic carbocycles. The Morgan fingerprint density at radius 1 is 1.37 bits per heavy atom. The molecule has 1 fully saturated rings. The fourth-order valence-electron chi connectivity index (χ4n) is 3.32. The maximum atomic E-state index is 4.27. The molecule has 0 aromatic carbocycles. The van der Waals surface area contributed by atoms with Crippen molar-refractivity contribution in [2.24, 2.45) is 13.0 Å². The van der Waals surface area contributed by atoms with Crippen LogP contribution in [0.1, 0.15) is 57.6 Å². The van der Waals surface area contributed by atoms with E-state index >= 15 is 0 Å². The number of hydrogen-bond donors (Lipinski definition) is 1. The Morgan fingerprint density at radius 3 is 2.79 bits per heavy atom. The van der Waals surface area contributed by atoms with E-state index in [0.717, 1.165) is 18.9 Å². The van der Waals surface area contributed by atoms with Gasteiger partial charge in [-0.25, -0.2) is 0 Å². The third-order valence-corrected chi connectivity index (χ3v) is 4.51. The van der Waals surface area contributed by atoms with Crippen LogP contribution in [0.2, 0.25) is 0 Å². The molecule has 1 aromatic rings. The third kappa shape index (κ3) is 4.34. The number of aromatic nitrogens is 2. The summed E-state index contributed by atoms with van der Waals surface area (Å²) in [5, 5.41) is 8.06. The summed E-state index contributed by atoms with van der Waals surface area (Å²) in [4.78, 5) is 0. The van der Waals surface area contributed by atoms with Crippen LogP contribution in [0, 0.1) is 5.92 Å². The van der Waals surface area contributed by atoms with E-state index in [1.807, 2.05) is 17.9 Å². The minimum atomic E-state index is 0.704. The molecule has 1 aliphatic rings. The predicted octanol–water partition coefficient (Wildman–Crippen LogP) is 3.30. The lowest BCUT2D eigenvalue weighted by atomic mass is 9.82. The van der Waals surface area contributed by atoms with Gasteiger partial charge in [0.25, 0.3) is 0 Å². The first kappa shape index (κ1) is 14.6. The van der Waals surface area contributed by atoms with Gasteiger partial charge in [0.15, 0.2) is 0 Å². The van der Waals surface area contributed by atoms with Gasteiger partial charge in [0.1, 0.15) is 0 Å². The van der Waals surface area contributed by atoms with Crippen LogP contribution in [-0.4, -0.2) is 22.4 Å². The van der Waals surface area contributed by atoms with Gasteiger partial charge in [-0.2, -0.15) is 5.10 Å². The first-order valence-corrected chi connectivity index (χ1v) is 8.01. The van der Waals surface area contributed by atoms with E-state index in [9.17, 15) is 0 Å². The molecule has 0 saturated heterocycles. The van der Waals surface area contributed by atoms with Crippen LogP contribution in [0.4, 0.5) is 0 Å². The highest BCUT2D eigenvalue weighted by atomic mass is 15.2. The van der Waals surface area contributed by atoms with Crippen LogP contribution in [0.3, 0.4) is 0 Å². The van der Waals surface area contributed by atoms with E-state index in [4.69, 9.17) is 0 Å². The predicted molar refractivity (Wildman–Crippen MR) is 80.2 cm³/mol. The Labute approximate surface area is 117 Å². The van der Waals surface area contributed by atoms with Crippen molar-refractivity contribution >= 4 is 0 Å². The third-order valence-electron chi connectivity index (χ3n) is 4.51. The molecular weight excluding hydrogens is 234 g/mol. The summed E-state index contributed by atoms with van der Waals surface area (Å²) in [5.74, 6) is 0.897. The first-order valence-electron chi connectivity index (χ1n) is 8.01. The number of nitrogens with zero attached hydrogens (tertiary/aromatic N) is 2. The van der Waals surface area contributed by atoms with Crippen LogP contribution in [-0.2, 0) is 13.5 Å². The van der Waals surface area contributed by atoms with Gasteiger partial charge in [-0.3, -0.25) is 4.68 Å². The van der Waals surface area contributed by atoms with Crippen LogP contribution in [0.15, 0.2) is 12.3 Å². The molecule has 3 nitrogen and oxygen atoms in total. The Hall–Kier alpha value is -0.830. The molecule has 108 valence electrons. The largest absolute Gasteiger partial charge is 0.314 e. The topological polar surface area (TPSA) is 29.9 Å². The first-order chi connectivity index (χ1) is 9.31. The molecule has 0 aliphatic heterocycles. The second-order valence-electron chi connectivity index (χ2n) is 5.94. The van der Waals surface area contributed by atoms with Crippen molar-refractivity contribution in [1.82, 2.24) is 15.1 Å². The Bertz CT molecular complexity index is 353. The number of nitrogens with one attached hydrogen (secondary N) is 1. The standard InChI is InChI=1S/C16H29N3/c1-3-12-17-16(14-7-5-4-6-8-14)10-9-15-11-13-18-19(15)2/h11,13-14,16-17H,3-10,12H2,1-2H3. The van der Waals surface area contributed by atoms with E-state index in [-0.39, 0.29) is 0 Å². The number of hydrogen-bond acceptors (Lipinski definition) is 2. The van der Waals surface area contributed by atoms with Gasteiger partial charge < -0.3 is 5.32 Å². The van der Waals surface area contributed by atoms with Gasteiger partial charge in [0.05, 0.1) is 0 Å². The van der Waals surface area contributed by atoms with Crippen molar-refractivity contribution in [2.75, 3.05) is 6.54 Å². The summed E-state index contributed by atoms with van der Waals surface area (Å²) in [5.41, 5.74) is 1.36. The van der Waals surface area contributed by atoms with E-state index < -0.39 is 0 Å². The summed E-state index contributed by atoms with van der Waals surface area (Å²) < 4.78 is 2.01.